The lowest BCUT2D eigenvalue weighted by molar-refractivity contribution is -0.143. The van der Waals surface area contributed by atoms with E-state index < -0.39 is 12.0 Å². The monoisotopic (exact) mass is 315 g/mol. The lowest BCUT2D eigenvalue weighted by Gasteiger charge is -2.23. The summed E-state index contributed by atoms with van der Waals surface area (Å²) in [6.07, 6.45) is 0. The number of carbonyl (C=O) groups is 1. The summed E-state index contributed by atoms with van der Waals surface area (Å²) < 4.78 is 2.01. The highest BCUT2D eigenvalue weighted by atomic mass is 32.1. The number of carboxylic acids is 1. The minimum Gasteiger partial charge on any atom is -0.480 e. The van der Waals surface area contributed by atoms with Gasteiger partial charge < -0.3 is 9.67 Å². The van der Waals surface area contributed by atoms with Crippen molar-refractivity contribution in [2.75, 3.05) is 7.05 Å². The number of rotatable bonds is 5. The molecule has 0 spiro atoms. The van der Waals surface area contributed by atoms with Crippen LogP contribution in [-0.4, -0.2) is 32.6 Å². The summed E-state index contributed by atoms with van der Waals surface area (Å²) >= 11 is 1.51. The number of aryl methyl sites for hydroxylation is 1. The van der Waals surface area contributed by atoms with E-state index in [9.17, 15) is 9.90 Å². The first-order valence-corrected chi connectivity index (χ1v) is 7.87. The normalized spacial score (nSPS) is 12.9. The van der Waals surface area contributed by atoms with Crippen molar-refractivity contribution in [2.24, 2.45) is 7.05 Å². The van der Waals surface area contributed by atoms with Crippen molar-refractivity contribution in [3.8, 4) is 0 Å². The summed E-state index contributed by atoms with van der Waals surface area (Å²) in [6, 6.07) is 9.10. The fourth-order valence-electron chi connectivity index (χ4n) is 2.67. The van der Waals surface area contributed by atoms with Gasteiger partial charge in [-0.15, -0.1) is 0 Å². The highest BCUT2D eigenvalue weighted by Crippen LogP contribution is 2.24. The van der Waals surface area contributed by atoms with Crippen molar-refractivity contribution in [1.82, 2.24) is 14.5 Å². The average Bonchev–Trinajstić information content (AvgIpc) is 3.09. The summed E-state index contributed by atoms with van der Waals surface area (Å²) in [5.74, 6) is 0.00448. The molecule has 1 N–H and O–H groups in total. The van der Waals surface area contributed by atoms with Crippen LogP contribution in [0.5, 0.6) is 0 Å². The molecule has 3 aromatic rings. The van der Waals surface area contributed by atoms with Crippen molar-refractivity contribution in [3.05, 3.63) is 52.5 Å². The number of aliphatic carboxylic acids is 1. The number of likely N-dealkylation sites (N-methyl/N-ethyl adjacent to an activating group) is 1. The number of nitrogens with zero attached hydrogens (tertiary/aromatic N) is 3. The van der Waals surface area contributed by atoms with Crippen LogP contribution in [0.15, 0.2) is 41.1 Å². The van der Waals surface area contributed by atoms with E-state index in [1.807, 2.05) is 64.7 Å². The first kappa shape index (κ1) is 14.7. The summed E-state index contributed by atoms with van der Waals surface area (Å²) in [6.45, 7) is 0.470. The molecule has 0 aliphatic rings. The van der Waals surface area contributed by atoms with Gasteiger partial charge in [-0.05, 0) is 41.6 Å². The van der Waals surface area contributed by atoms with Gasteiger partial charge in [0.2, 0.25) is 0 Å². The fraction of sp³-hybridized carbons (Fsp3) is 0.250. The highest BCUT2D eigenvalue weighted by molar-refractivity contribution is 7.08. The Kier molecular flexibility index (Phi) is 3.96. The number of thiophene rings is 1. The van der Waals surface area contributed by atoms with E-state index in [1.54, 1.807) is 0 Å². The van der Waals surface area contributed by atoms with Gasteiger partial charge in [-0.2, -0.15) is 11.3 Å². The van der Waals surface area contributed by atoms with E-state index >= 15 is 0 Å². The predicted molar refractivity (Wildman–Crippen MR) is 86.9 cm³/mol. The minimum atomic E-state index is -0.848. The molecule has 0 bridgehead atoms. The van der Waals surface area contributed by atoms with E-state index in [2.05, 4.69) is 4.98 Å². The Morgan fingerprint density at radius 2 is 2.18 bits per heavy atom. The van der Waals surface area contributed by atoms with Crippen molar-refractivity contribution < 1.29 is 9.90 Å². The predicted octanol–water partition coefficient (Wildman–Crippen LogP) is 2.89. The van der Waals surface area contributed by atoms with Gasteiger partial charge in [0, 0.05) is 7.05 Å². The van der Waals surface area contributed by atoms with Gasteiger partial charge in [0.15, 0.2) is 0 Å². The molecule has 114 valence electrons. The molecule has 0 radical (unpaired) electrons. The molecule has 0 saturated carbocycles. The molecular weight excluding hydrogens is 298 g/mol. The van der Waals surface area contributed by atoms with E-state index in [0.29, 0.717) is 6.54 Å². The quantitative estimate of drug-likeness (QED) is 0.786. The third-order valence-corrected chi connectivity index (χ3v) is 4.51. The molecule has 0 aliphatic heterocycles. The second-order valence-electron chi connectivity index (χ2n) is 5.29. The number of hydrogen-bond donors (Lipinski definition) is 1. The van der Waals surface area contributed by atoms with Crippen LogP contribution in [-0.2, 0) is 18.4 Å². The second kappa shape index (κ2) is 5.90. The number of hydrogen-bond acceptors (Lipinski definition) is 4. The van der Waals surface area contributed by atoms with Gasteiger partial charge in [-0.25, -0.2) is 4.98 Å². The zero-order valence-corrected chi connectivity index (χ0v) is 13.2. The molecule has 0 fully saturated rings. The van der Waals surface area contributed by atoms with Gasteiger partial charge in [0.1, 0.15) is 11.9 Å². The Morgan fingerprint density at radius 1 is 1.41 bits per heavy atom. The zero-order chi connectivity index (χ0) is 15.7. The van der Waals surface area contributed by atoms with Crippen LogP contribution in [0, 0.1) is 0 Å². The van der Waals surface area contributed by atoms with Crippen LogP contribution in [0.1, 0.15) is 17.4 Å². The Hall–Kier alpha value is -2.18. The molecule has 1 atom stereocenters. The Balaban J connectivity index is 1.90. The first-order valence-electron chi connectivity index (χ1n) is 6.93. The maximum atomic E-state index is 11.6. The minimum absolute atomic E-state index is 0.470. The topological polar surface area (TPSA) is 58.4 Å². The number of para-hydroxylation sites is 2. The second-order valence-corrected chi connectivity index (χ2v) is 6.07. The maximum Gasteiger partial charge on any atom is 0.325 e. The average molecular weight is 315 g/mol. The molecule has 3 rings (SSSR count). The van der Waals surface area contributed by atoms with Crippen molar-refractivity contribution in [2.45, 2.75) is 12.6 Å². The molecule has 22 heavy (non-hydrogen) atoms. The van der Waals surface area contributed by atoms with Crippen LogP contribution < -0.4 is 0 Å². The maximum absolute atomic E-state index is 11.6. The SMILES string of the molecule is CN(Cc1nc2ccccc2n1C)C(C(=O)O)c1ccsc1. The fourth-order valence-corrected chi connectivity index (χ4v) is 3.35. The van der Waals surface area contributed by atoms with Crippen molar-refractivity contribution in [3.63, 3.8) is 0 Å². The van der Waals surface area contributed by atoms with Crippen LogP contribution in [0.2, 0.25) is 0 Å². The third kappa shape index (κ3) is 2.63. The number of fused-ring (bicyclic) bond motifs is 1. The number of imidazole rings is 1. The van der Waals surface area contributed by atoms with Gasteiger partial charge in [0.25, 0.3) is 0 Å². The molecule has 0 amide bonds. The molecule has 2 heterocycles. The molecule has 5 nitrogen and oxygen atoms in total. The molecule has 0 aliphatic carbocycles. The molecule has 2 aromatic heterocycles. The Morgan fingerprint density at radius 3 is 2.82 bits per heavy atom. The number of carboxylic acid groups (broad SMARTS) is 1. The summed E-state index contributed by atoms with van der Waals surface area (Å²) in [5.41, 5.74) is 2.78. The molecule has 0 saturated heterocycles. The smallest absolute Gasteiger partial charge is 0.325 e. The van der Waals surface area contributed by atoms with Gasteiger partial charge in [0.05, 0.1) is 17.6 Å². The molecule has 6 heteroatoms. The van der Waals surface area contributed by atoms with Gasteiger partial charge in [-0.3, -0.25) is 9.69 Å². The van der Waals surface area contributed by atoms with E-state index in [-0.39, 0.29) is 0 Å². The lowest BCUT2D eigenvalue weighted by Crippen LogP contribution is -2.31. The molecule has 1 aromatic carbocycles. The first-order chi connectivity index (χ1) is 10.6. The third-order valence-electron chi connectivity index (χ3n) is 3.80. The molecule has 1 unspecified atom stereocenters. The number of benzene rings is 1. The lowest BCUT2D eigenvalue weighted by atomic mass is 10.1. The summed E-state index contributed by atoms with van der Waals surface area (Å²) in [5, 5.41) is 13.3. The summed E-state index contributed by atoms with van der Waals surface area (Å²) in [4.78, 5) is 18.0. The van der Waals surface area contributed by atoms with Crippen LogP contribution >= 0.6 is 11.3 Å². The van der Waals surface area contributed by atoms with Gasteiger partial charge in [-0.1, -0.05) is 12.1 Å². The van der Waals surface area contributed by atoms with Crippen LogP contribution in [0.3, 0.4) is 0 Å². The van der Waals surface area contributed by atoms with Crippen LogP contribution in [0.25, 0.3) is 11.0 Å². The Labute approximate surface area is 132 Å². The Bertz CT molecular complexity index is 795. The van der Waals surface area contributed by atoms with E-state index in [0.717, 1.165) is 22.4 Å². The largest absolute Gasteiger partial charge is 0.480 e. The van der Waals surface area contributed by atoms with Crippen molar-refractivity contribution in [1.29, 1.82) is 0 Å². The zero-order valence-electron chi connectivity index (χ0n) is 12.4. The number of aromatic nitrogens is 2. The van der Waals surface area contributed by atoms with Crippen LogP contribution in [0.4, 0.5) is 0 Å². The molecular formula is C16H17N3O2S. The van der Waals surface area contributed by atoms with E-state index in [4.69, 9.17) is 0 Å². The standard InChI is InChI=1S/C16H17N3O2S/c1-18(15(16(20)21)11-7-8-22-10-11)9-14-17-12-5-3-4-6-13(12)19(14)2/h3-8,10,15H,9H2,1-2H3,(H,20,21). The van der Waals surface area contributed by atoms with E-state index in [1.165, 1.54) is 11.3 Å². The summed E-state index contributed by atoms with van der Waals surface area (Å²) in [7, 11) is 3.77. The highest BCUT2D eigenvalue weighted by Gasteiger charge is 2.26. The van der Waals surface area contributed by atoms with Crippen molar-refractivity contribution >= 4 is 28.3 Å². The van der Waals surface area contributed by atoms with Gasteiger partial charge >= 0.3 is 5.97 Å².